The molecule has 0 aliphatic carbocycles. The van der Waals surface area contributed by atoms with E-state index in [9.17, 15) is 8.42 Å². The number of nitrogens with zero attached hydrogens (tertiary/aromatic N) is 1. The molecular formula is C15H22N2O2S2. The van der Waals surface area contributed by atoms with Crippen LogP contribution in [0.2, 0.25) is 0 Å². The highest BCUT2D eigenvalue weighted by atomic mass is 32.2. The lowest BCUT2D eigenvalue weighted by Gasteiger charge is -2.36. The van der Waals surface area contributed by atoms with Crippen LogP contribution in [-0.4, -0.2) is 42.9 Å². The summed E-state index contributed by atoms with van der Waals surface area (Å²) in [6.07, 6.45) is 2.13. The normalized spacial score (nSPS) is 22.4. The Morgan fingerprint density at radius 2 is 2.14 bits per heavy atom. The first-order chi connectivity index (χ1) is 9.88. The van der Waals surface area contributed by atoms with Crippen LogP contribution in [0.4, 0.5) is 5.69 Å². The molecule has 0 amide bonds. The number of hydrogen-bond donors (Lipinski definition) is 1. The molecule has 0 bridgehead atoms. The van der Waals surface area contributed by atoms with Crippen molar-refractivity contribution in [1.29, 1.82) is 0 Å². The van der Waals surface area contributed by atoms with E-state index in [1.165, 1.54) is 5.56 Å². The Morgan fingerprint density at radius 3 is 2.90 bits per heavy atom. The molecule has 0 unspecified atom stereocenters. The first-order valence-corrected chi connectivity index (χ1v) is 9.82. The maximum Gasteiger partial charge on any atom is 0.243 e. The third-order valence-corrected chi connectivity index (χ3v) is 7.19. The fourth-order valence-electron chi connectivity index (χ4n) is 2.93. The van der Waals surface area contributed by atoms with E-state index < -0.39 is 10.0 Å². The van der Waals surface area contributed by atoms with Crippen LogP contribution in [0.1, 0.15) is 25.8 Å². The van der Waals surface area contributed by atoms with Gasteiger partial charge in [0.15, 0.2) is 0 Å². The van der Waals surface area contributed by atoms with Crippen LogP contribution in [0.5, 0.6) is 0 Å². The first kappa shape index (κ1) is 15.2. The molecule has 2 aliphatic rings. The van der Waals surface area contributed by atoms with Gasteiger partial charge in [-0.05, 0) is 44.4 Å². The summed E-state index contributed by atoms with van der Waals surface area (Å²) < 4.78 is 27.3. The number of benzene rings is 1. The molecule has 2 aliphatic heterocycles. The van der Waals surface area contributed by atoms with Gasteiger partial charge in [0.05, 0.1) is 4.90 Å². The number of anilines is 1. The lowest BCUT2D eigenvalue weighted by molar-refractivity contribution is 0.387. The molecule has 0 aromatic heterocycles. The van der Waals surface area contributed by atoms with Crippen molar-refractivity contribution in [3.63, 3.8) is 0 Å². The second-order valence-corrected chi connectivity index (χ2v) is 10.0. The minimum atomic E-state index is -3.39. The summed E-state index contributed by atoms with van der Waals surface area (Å²) in [6.45, 7) is 6.30. The lowest BCUT2D eigenvalue weighted by Crippen LogP contribution is -2.46. The zero-order valence-corrected chi connectivity index (χ0v) is 14.2. The second kappa shape index (κ2) is 5.48. The highest BCUT2D eigenvalue weighted by Gasteiger charge is 2.34. The van der Waals surface area contributed by atoms with Crippen molar-refractivity contribution in [3.8, 4) is 0 Å². The van der Waals surface area contributed by atoms with E-state index in [0.29, 0.717) is 18.0 Å². The summed E-state index contributed by atoms with van der Waals surface area (Å²) in [5.74, 6) is 0.857. The Hall–Kier alpha value is -0.720. The van der Waals surface area contributed by atoms with Crippen LogP contribution in [0.3, 0.4) is 0 Å². The molecule has 3 rings (SSSR count). The summed E-state index contributed by atoms with van der Waals surface area (Å²) in [4.78, 5) is 0.415. The van der Waals surface area contributed by atoms with Crippen LogP contribution >= 0.6 is 11.8 Å². The van der Waals surface area contributed by atoms with Gasteiger partial charge in [0, 0.05) is 35.8 Å². The predicted octanol–water partition coefficient (Wildman–Crippen LogP) is 2.56. The van der Waals surface area contributed by atoms with E-state index in [1.54, 1.807) is 16.4 Å². The molecule has 4 nitrogen and oxygen atoms in total. The van der Waals surface area contributed by atoms with Crippen molar-refractivity contribution in [2.24, 2.45) is 0 Å². The number of thioether (sulfide) groups is 1. The van der Waals surface area contributed by atoms with Crippen LogP contribution in [0.15, 0.2) is 23.1 Å². The number of aryl methyl sites for hydroxylation is 1. The predicted molar refractivity (Wildman–Crippen MR) is 88.5 cm³/mol. The highest BCUT2D eigenvalue weighted by Crippen LogP contribution is 2.33. The van der Waals surface area contributed by atoms with E-state index in [-0.39, 0.29) is 4.75 Å². The first-order valence-electron chi connectivity index (χ1n) is 7.39. The van der Waals surface area contributed by atoms with Gasteiger partial charge in [0.1, 0.15) is 0 Å². The maximum atomic E-state index is 12.8. The van der Waals surface area contributed by atoms with Gasteiger partial charge in [-0.2, -0.15) is 16.1 Å². The molecule has 21 heavy (non-hydrogen) atoms. The van der Waals surface area contributed by atoms with Gasteiger partial charge in [-0.3, -0.25) is 0 Å². The van der Waals surface area contributed by atoms with E-state index in [4.69, 9.17) is 0 Å². The average molecular weight is 326 g/mol. The van der Waals surface area contributed by atoms with E-state index in [0.717, 1.165) is 30.8 Å². The Kier molecular flexibility index (Phi) is 3.96. The number of rotatable bonds is 2. The molecule has 1 N–H and O–H groups in total. The Morgan fingerprint density at radius 1 is 1.33 bits per heavy atom. The second-order valence-electron chi connectivity index (χ2n) is 6.30. The number of hydrogen-bond acceptors (Lipinski definition) is 4. The maximum absolute atomic E-state index is 12.8. The van der Waals surface area contributed by atoms with Gasteiger partial charge >= 0.3 is 0 Å². The average Bonchev–Trinajstić information content (AvgIpc) is 2.45. The molecular weight excluding hydrogens is 304 g/mol. The summed E-state index contributed by atoms with van der Waals surface area (Å²) in [7, 11) is -3.39. The van der Waals surface area contributed by atoms with E-state index >= 15 is 0 Å². The molecule has 0 atom stereocenters. The van der Waals surface area contributed by atoms with Gasteiger partial charge in [0.25, 0.3) is 0 Å². The number of sulfonamides is 1. The smallest absolute Gasteiger partial charge is 0.243 e. The van der Waals surface area contributed by atoms with Crippen molar-refractivity contribution in [2.75, 3.05) is 30.7 Å². The van der Waals surface area contributed by atoms with Crippen LogP contribution in [-0.2, 0) is 16.4 Å². The quantitative estimate of drug-likeness (QED) is 0.907. The molecule has 0 spiro atoms. The topological polar surface area (TPSA) is 49.4 Å². The summed E-state index contributed by atoms with van der Waals surface area (Å²) in [6, 6.07) is 5.52. The summed E-state index contributed by atoms with van der Waals surface area (Å²) in [5, 5.41) is 3.31. The Balaban J connectivity index is 1.91. The van der Waals surface area contributed by atoms with Crippen molar-refractivity contribution < 1.29 is 8.42 Å². The van der Waals surface area contributed by atoms with E-state index in [2.05, 4.69) is 19.2 Å². The minimum absolute atomic E-state index is 0.0161. The van der Waals surface area contributed by atoms with Gasteiger partial charge in [-0.15, -0.1) is 0 Å². The molecule has 6 heteroatoms. The zero-order valence-electron chi connectivity index (χ0n) is 12.6. The Labute approximate surface area is 131 Å². The molecule has 0 radical (unpaired) electrons. The summed E-state index contributed by atoms with van der Waals surface area (Å²) in [5.41, 5.74) is 2.20. The van der Waals surface area contributed by atoms with Crippen LogP contribution in [0, 0.1) is 0 Å². The zero-order chi connectivity index (χ0) is 15.1. The Bertz CT molecular complexity index is 641. The highest BCUT2D eigenvalue weighted by molar-refractivity contribution is 8.00. The van der Waals surface area contributed by atoms with E-state index in [1.807, 2.05) is 17.8 Å². The molecule has 0 saturated carbocycles. The van der Waals surface area contributed by atoms with Crippen molar-refractivity contribution in [3.05, 3.63) is 23.8 Å². The van der Waals surface area contributed by atoms with Gasteiger partial charge < -0.3 is 5.32 Å². The van der Waals surface area contributed by atoms with Crippen LogP contribution in [0.25, 0.3) is 0 Å². The lowest BCUT2D eigenvalue weighted by atomic mass is 10.0. The van der Waals surface area contributed by atoms with Gasteiger partial charge in [-0.25, -0.2) is 8.42 Å². The number of nitrogens with one attached hydrogen (secondary N) is 1. The van der Waals surface area contributed by atoms with Crippen LogP contribution < -0.4 is 5.32 Å². The molecule has 1 aromatic carbocycles. The molecule has 1 aromatic rings. The molecule has 1 saturated heterocycles. The fourth-order valence-corrected chi connectivity index (χ4v) is 5.87. The van der Waals surface area contributed by atoms with Gasteiger partial charge in [-0.1, -0.05) is 6.07 Å². The van der Waals surface area contributed by atoms with Crippen molar-refractivity contribution >= 4 is 27.5 Å². The molecule has 1 fully saturated rings. The van der Waals surface area contributed by atoms with Crippen molar-refractivity contribution in [1.82, 2.24) is 4.31 Å². The third kappa shape index (κ3) is 3.07. The van der Waals surface area contributed by atoms with Crippen molar-refractivity contribution in [2.45, 2.75) is 36.3 Å². The van der Waals surface area contributed by atoms with Gasteiger partial charge in [0.2, 0.25) is 10.0 Å². The summed E-state index contributed by atoms with van der Waals surface area (Å²) >= 11 is 1.84. The monoisotopic (exact) mass is 326 g/mol. The molecule has 116 valence electrons. The molecule has 2 heterocycles. The SMILES string of the molecule is CC1(C)CN(S(=O)(=O)c2ccc3c(c2)NCCC3)CCS1. The number of fused-ring (bicyclic) bond motifs is 1. The largest absolute Gasteiger partial charge is 0.385 e. The fraction of sp³-hybridized carbons (Fsp3) is 0.600. The third-order valence-electron chi connectivity index (χ3n) is 4.05. The minimum Gasteiger partial charge on any atom is -0.385 e. The standard InChI is InChI=1S/C15H22N2O2S2/c1-15(2)11-17(8-9-20-15)21(18,19)13-6-5-12-4-3-7-16-14(12)10-13/h5-6,10,16H,3-4,7-9,11H2,1-2H3.